The Balaban J connectivity index is 1.63. The fourth-order valence-electron chi connectivity index (χ4n) is 3.38. The molecule has 9 nitrogen and oxygen atoms in total. The van der Waals surface area contributed by atoms with Crippen molar-refractivity contribution in [3.8, 4) is 0 Å². The number of carbonyl (C=O) groups excluding carboxylic acids is 2. The van der Waals surface area contributed by atoms with E-state index >= 15 is 0 Å². The molecule has 0 saturated heterocycles. The Labute approximate surface area is 205 Å². The minimum absolute atomic E-state index is 0.0558. The van der Waals surface area contributed by atoms with E-state index in [1.54, 1.807) is 42.5 Å². The highest BCUT2D eigenvalue weighted by Gasteiger charge is 2.17. The Morgan fingerprint density at radius 1 is 1.11 bits per heavy atom. The van der Waals surface area contributed by atoms with Gasteiger partial charge in [-0.05, 0) is 55.8 Å². The second kappa shape index (κ2) is 11.1. The Bertz CT molecular complexity index is 1360. The third-order valence-corrected chi connectivity index (χ3v) is 6.41. The Hall–Kier alpha value is -3.79. The minimum Gasteiger partial charge on any atom is -0.467 e. The smallest absolute Gasteiger partial charge is 0.262 e. The molecule has 0 unspecified atom stereocenters. The van der Waals surface area contributed by atoms with Crippen LogP contribution in [0.1, 0.15) is 42.1 Å². The number of rotatable bonds is 10. The summed E-state index contributed by atoms with van der Waals surface area (Å²) < 4.78 is 12.1. The van der Waals surface area contributed by atoms with E-state index in [4.69, 9.17) is 8.83 Å². The molecule has 0 radical (unpaired) electrons. The molecule has 3 heterocycles. The van der Waals surface area contributed by atoms with Gasteiger partial charge in [-0.2, -0.15) is 0 Å². The number of hydrogen-bond acceptors (Lipinski definition) is 7. The van der Waals surface area contributed by atoms with Gasteiger partial charge in [0.05, 0.1) is 42.3 Å². The van der Waals surface area contributed by atoms with Crippen molar-refractivity contribution in [1.82, 2.24) is 20.2 Å². The van der Waals surface area contributed by atoms with Crippen molar-refractivity contribution in [2.45, 2.75) is 44.6 Å². The van der Waals surface area contributed by atoms with E-state index in [2.05, 4.69) is 15.6 Å². The van der Waals surface area contributed by atoms with E-state index in [0.717, 1.165) is 6.42 Å². The van der Waals surface area contributed by atoms with Crippen LogP contribution in [-0.2, 0) is 17.9 Å². The van der Waals surface area contributed by atoms with Gasteiger partial charge in [0.25, 0.3) is 11.5 Å². The number of thioether (sulfide) groups is 1. The highest BCUT2D eigenvalue weighted by Crippen LogP contribution is 2.20. The van der Waals surface area contributed by atoms with Gasteiger partial charge < -0.3 is 19.5 Å². The van der Waals surface area contributed by atoms with Crippen LogP contribution in [0.15, 0.2) is 73.8 Å². The van der Waals surface area contributed by atoms with Gasteiger partial charge in [-0.1, -0.05) is 18.7 Å². The first-order valence-electron chi connectivity index (χ1n) is 11.2. The number of fused-ring (bicyclic) bond motifs is 1. The molecule has 2 N–H and O–H groups in total. The zero-order valence-corrected chi connectivity index (χ0v) is 20.3. The van der Waals surface area contributed by atoms with E-state index in [9.17, 15) is 14.4 Å². The number of furan rings is 2. The lowest BCUT2D eigenvalue weighted by Crippen LogP contribution is -2.33. The van der Waals surface area contributed by atoms with Crippen LogP contribution in [0.4, 0.5) is 0 Å². The van der Waals surface area contributed by atoms with Crippen LogP contribution >= 0.6 is 11.8 Å². The molecule has 0 saturated carbocycles. The molecule has 4 rings (SSSR count). The normalized spacial score (nSPS) is 11.9. The summed E-state index contributed by atoms with van der Waals surface area (Å²) in [5, 5.41) is 6.43. The minimum atomic E-state index is -0.313. The van der Waals surface area contributed by atoms with Gasteiger partial charge >= 0.3 is 0 Å². The fraction of sp³-hybridized carbons (Fsp3) is 0.280. The second-order valence-electron chi connectivity index (χ2n) is 8.02. The fourth-order valence-corrected chi connectivity index (χ4v) is 4.19. The maximum atomic E-state index is 13.4. The van der Waals surface area contributed by atoms with Gasteiger partial charge in [0.15, 0.2) is 5.16 Å². The summed E-state index contributed by atoms with van der Waals surface area (Å²) in [5.74, 6) is 0.867. The first kappa shape index (κ1) is 24.3. The molecule has 1 aromatic carbocycles. The van der Waals surface area contributed by atoms with Crippen molar-refractivity contribution in [3.63, 3.8) is 0 Å². The number of nitrogens with one attached hydrogen (secondary N) is 2. The van der Waals surface area contributed by atoms with Crippen molar-refractivity contribution in [3.05, 3.63) is 82.4 Å². The summed E-state index contributed by atoms with van der Waals surface area (Å²) in [6.45, 7) is 4.35. The van der Waals surface area contributed by atoms with E-state index < -0.39 is 0 Å². The molecule has 0 bridgehead atoms. The predicted octanol–water partition coefficient (Wildman–Crippen LogP) is 3.57. The molecular weight excluding hydrogens is 468 g/mol. The zero-order chi connectivity index (χ0) is 24.8. The van der Waals surface area contributed by atoms with E-state index in [-0.39, 0.29) is 42.3 Å². The molecule has 4 aromatic rings. The van der Waals surface area contributed by atoms with Crippen molar-refractivity contribution in [1.29, 1.82) is 0 Å². The highest BCUT2D eigenvalue weighted by atomic mass is 32.2. The third kappa shape index (κ3) is 6.02. The van der Waals surface area contributed by atoms with E-state index in [0.29, 0.717) is 33.1 Å². The third-order valence-electron chi connectivity index (χ3n) is 5.43. The van der Waals surface area contributed by atoms with Crippen LogP contribution in [0.2, 0.25) is 0 Å². The first-order chi connectivity index (χ1) is 16.9. The molecule has 10 heteroatoms. The van der Waals surface area contributed by atoms with E-state index in [1.807, 2.05) is 13.8 Å². The molecule has 1 atom stereocenters. The summed E-state index contributed by atoms with van der Waals surface area (Å²) in [4.78, 5) is 43.0. The molecule has 3 aromatic heterocycles. The molecule has 0 spiro atoms. The highest BCUT2D eigenvalue weighted by molar-refractivity contribution is 7.99. The van der Waals surface area contributed by atoms with Crippen LogP contribution in [-0.4, -0.2) is 33.2 Å². The van der Waals surface area contributed by atoms with Crippen LogP contribution in [0.3, 0.4) is 0 Å². The Kier molecular flexibility index (Phi) is 7.71. The monoisotopic (exact) mass is 494 g/mol. The standard InChI is InChI=1S/C25H26N4O5S/c1-3-16(2)27-22(30)15-35-25-28-21-12-17(23(31)26-13-18-6-4-10-33-18)8-9-20(21)24(32)29(25)14-19-7-5-11-34-19/h4-12,16H,3,13-15H2,1-2H3,(H,26,31)(H,27,30)/t16-/m0/s1. The molecule has 0 fully saturated rings. The van der Waals surface area contributed by atoms with Gasteiger partial charge in [-0.25, -0.2) is 4.98 Å². The van der Waals surface area contributed by atoms with Crippen molar-refractivity contribution in [2.24, 2.45) is 0 Å². The number of hydrogen-bond donors (Lipinski definition) is 2. The van der Waals surface area contributed by atoms with Crippen molar-refractivity contribution >= 4 is 34.5 Å². The van der Waals surface area contributed by atoms with Gasteiger partial charge in [0, 0.05) is 11.6 Å². The predicted molar refractivity (Wildman–Crippen MR) is 132 cm³/mol. The molecular formula is C25H26N4O5S. The largest absolute Gasteiger partial charge is 0.467 e. The average Bonchev–Trinajstić information content (AvgIpc) is 3.57. The van der Waals surface area contributed by atoms with Crippen molar-refractivity contribution in [2.75, 3.05) is 5.75 Å². The molecule has 182 valence electrons. The van der Waals surface area contributed by atoms with Gasteiger partial charge in [-0.15, -0.1) is 0 Å². The van der Waals surface area contributed by atoms with Gasteiger partial charge in [0.2, 0.25) is 5.91 Å². The van der Waals surface area contributed by atoms with E-state index in [1.165, 1.54) is 28.9 Å². The number of nitrogens with zero attached hydrogens (tertiary/aromatic N) is 2. The molecule has 2 amide bonds. The Morgan fingerprint density at radius 3 is 2.54 bits per heavy atom. The lowest BCUT2D eigenvalue weighted by molar-refractivity contribution is -0.119. The summed E-state index contributed by atoms with van der Waals surface area (Å²) in [7, 11) is 0. The maximum absolute atomic E-state index is 13.4. The van der Waals surface area contributed by atoms with Crippen molar-refractivity contribution < 1.29 is 18.4 Å². The maximum Gasteiger partial charge on any atom is 0.262 e. The molecule has 0 aliphatic carbocycles. The topological polar surface area (TPSA) is 119 Å². The Morgan fingerprint density at radius 2 is 1.86 bits per heavy atom. The van der Waals surface area contributed by atoms with Crippen LogP contribution in [0, 0.1) is 0 Å². The summed E-state index contributed by atoms with van der Waals surface area (Å²) in [6.07, 6.45) is 3.89. The quantitative estimate of drug-likeness (QED) is 0.255. The molecule has 0 aliphatic heterocycles. The summed E-state index contributed by atoms with van der Waals surface area (Å²) in [5.41, 5.74) is 0.463. The number of benzene rings is 1. The lowest BCUT2D eigenvalue weighted by Gasteiger charge is -2.14. The molecule has 35 heavy (non-hydrogen) atoms. The number of aromatic nitrogens is 2. The lowest BCUT2D eigenvalue weighted by atomic mass is 10.1. The van der Waals surface area contributed by atoms with Crippen LogP contribution < -0.4 is 16.2 Å². The first-order valence-corrected chi connectivity index (χ1v) is 12.2. The number of amides is 2. The molecule has 0 aliphatic rings. The van der Waals surface area contributed by atoms with Gasteiger partial charge in [0.1, 0.15) is 11.5 Å². The number of carbonyl (C=O) groups is 2. The van der Waals surface area contributed by atoms with Gasteiger partial charge in [-0.3, -0.25) is 19.0 Å². The zero-order valence-electron chi connectivity index (χ0n) is 19.4. The second-order valence-corrected chi connectivity index (χ2v) is 8.97. The average molecular weight is 495 g/mol. The van der Waals surface area contributed by atoms with Crippen LogP contribution in [0.25, 0.3) is 10.9 Å². The summed E-state index contributed by atoms with van der Waals surface area (Å²) >= 11 is 1.17. The van der Waals surface area contributed by atoms with Crippen LogP contribution in [0.5, 0.6) is 0 Å². The SMILES string of the molecule is CC[C@H](C)NC(=O)CSc1nc2cc(C(=O)NCc3ccco3)ccc2c(=O)n1Cc1ccco1. The summed E-state index contributed by atoms with van der Waals surface area (Å²) in [6, 6.07) is 11.8.